The summed E-state index contributed by atoms with van der Waals surface area (Å²) in [5.74, 6) is 0.912. The molecule has 1 aromatic rings. The summed E-state index contributed by atoms with van der Waals surface area (Å²) in [5.41, 5.74) is 15.6. The summed E-state index contributed by atoms with van der Waals surface area (Å²) in [6.45, 7) is 4.92. The zero-order valence-electron chi connectivity index (χ0n) is 20.3. The summed E-state index contributed by atoms with van der Waals surface area (Å²) in [4.78, 5) is 27.8. The average molecular weight is 464 g/mol. The molecule has 182 valence electrons. The second-order valence-corrected chi connectivity index (χ2v) is 11.4. The molecular weight excluding hydrogens is 426 g/mol. The molecule has 1 amide bonds. The number of nitrogens with zero attached hydrogens (tertiary/aromatic N) is 1. The van der Waals surface area contributed by atoms with Gasteiger partial charge in [0.25, 0.3) is 0 Å². The number of primary amides is 1. The Kier molecular flexibility index (Phi) is 5.91. The van der Waals surface area contributed by atoms with Crippen LogP contribution in [0, 0.1) is 28.6 Å². The van der Waals surface area contributed by atoms with Crippen molar-refractivity contribution in [2.45, 2.75) is 77.4 Å². The van der Waals surface area contributed by atoms with Crippen LogP contribution in [-0.2, 0) is 14.3 Å². The standard InChI is InChI=1S/C28H37N3O3/c1-27-11-9-19(34-26(33)24(29)15-25(30)32)14-18(27)5-6-20-22-8-7-21(17-4-3-13-31-16-17)28(22,2)12-10-23(20)27/h3-5,7,13,16,19-20,22-24H,6,8-12,14-15,29H2,1-2H3,(H2,30,32)/t19-,20-,22-,23-,24+,27-,28+/m0/s1. The Labute approximate surface area is 202 Å². The Morgan fingerprint density at radius 3 is 2.68 bits per heavy atom. The number of aromatic nitrogens is 1. The number of rotatable bonds is 5. The third-order valence-corrected chi connectivity index (χ3v) is 9.62. The quantitative estimate of drug-likeness (QED) is 0.504. The normalized spacial score (nSPS) is 37.4. The van der Waals surface area contributed by atoms with Crippen LogP contribution >= 0.6 is 0 Å². The lowest BCUT2D eigenvalue weighted by atomic mass is 9.47. The molecule has 0 aromatic carbocycles. The highest BCUT2D eigenvalue weighted by atomic mass is 16.5. The maximum Gasteiger partial charge on any atom is 0.323 e. The maximum absolute atomic E-state index is 12.3. The Bertz CT molecular complexity index is 1030. The highest BCUT2D eigenvalue weighted by Crippen LogP contribution is 2.66. The predicted octanol–water partition coefficient (Wildman–Crippen LogP) is 4.15. The molecular formula is C28H37N3O3. The van der Waals surface area contributed by atoms with Crippen molar-refractivity contribution in [2.24, 2.45) is 40.1 Å². The number of pyridine rings is 1. The van der Waals surface area contributed by atoms with Crippen LogP contribution in [0.15, 0.2) is 42.3 Å². The Balaban J connectivity index is 1.31. The molecule has 0 unspecified atom stereocenters. The largest absolute Gasteiger partial charge is 0.461 e. The molecule has 5 rings (SSSR count). The van der Waals surface area contributed by atoms with Crippen LogP contribution in [0.1, 0.15) is 70.8 Å². The van der Waals surface area contributed by atoms with Crippen molar-refractivity contribution in [1.82, 2.24) is 4.98 Å². The van der Waals surface area contributed by atoms with E-state index < -0.39 is 17.9 Å². The molecule has 1 heterocycles. The summed E-state index contributed by atoms with van der Waals surface area (Å²) in [6, 6.07) is 3.27. The summed E-state index contributed by atoms with van der Waals surface area (Å²) in [5, 5.41) is 0. The zero-order chi connectivity index (χ0) is 24.1. The Morgan fingerprint density at radius 1 is 1.15 bits per heavy atom. The van der Waals surface area contributed by atoms with Gasteiger partial charge in [0.05, 0.1) is 6.42 Å². The van der Waals surface area contributed by atoms with Gasteiger partial charge in [-0.3, -0.25) is 14.6 Å². The van der Waals surface area contributed by atoms with Crippen LogP contribution in [0.3, 0.4) is 0 Å². The van der Waals surface area contributed by atoms with Gasteiger partial charge in [0.1, 0.15) is 12.1 Å². The van der Waals surface area contributed by atoms with E-state index >= 15 is 0 Å². The van der Waals surface area contributed by atoms with Crippen molar-refractivity contribution >= 4 is 17.4 Å². The van der Waals surface area contributed by atoms with E-state index in [1.54, 1.807) is 0 Å². The molecule has 6 nitrogen and oxygen atoms in total. The van der Waals surface area contributed by atoms with E-state index in [-0.39, 0.29) is 23.4 Å². The molecule has 0 bridgehead atoms. The second kappa shape index (κ2) is 8.63. The van der Waals surface area contributed by atoms with Gasteiger partial charge in [-0.15, -0.1) is 0 Å². The predicted molar refractivity (Wildman–Crippen MR) is 131 cm³/mol. The molecule has 0 spiro atoms. The number of amides is 1. The minimum atomic E-state index is -0.976. The maximum atomic E-state index is 12.3. The number of esters is 1. The minimum absolute atomic E-state index is 0.165. The van der Waals surface area contributed by atoms with Gasteiger partial charge in [0.2, 0.25) is 5.91 Å². The number of carbonyl (C=O) groups is 2. The van der Waals surface area contributed by atoms with Crippen molar-refractivity contribution in [1.29, 1.82) is 0 Å². The smallest absolute Gasteiger partial charge is 0.323 e. The van der Waals surface area contributed by atoms with Crippen molar-refractivity contribution in [2.75, 3.05) is 0 Å². The fraction of sp³-hybridized carbons (Fsp3) is 0.607. The third-order valence-electron chi connectivity index (χ3n) is 9.62. The number of hydrogen-bond acceptors (Lipinski definition) is 5. The van der Waals surface area contributed by atoms with Crippen molar-refractivity contribution in [3.63, 3.8) is 0 Å². The molecule has 0 aliphatic heterocycles. The monoisotopic (exact) mass is 463 g/mol. The highest BCUT2D eigenvalue weighted by molar-refractivity contribution is 5.84. The number of allylic oxidation sites excluding steroid dienone is 3. The van der Waals surface area contributed by atoms with Gasteiger partial charge in [0.15, 0.2) is 0 Å². The highest BCUT2D eigenvalue weighted by Gasteiger charge is 2.57. The van der Waals surface area contributed by atoms with E-state index in [2.05, 4.69) is 37.0 Å². The summed E-state index contributed by atoms with van der Waals surface area (Å²) in [7, 11) is 0. The first-order chi connectivity index (χ1) is 16.2. The number of fused-ring (bicyclic) bond motifs is 5. The molecule has 2 fully saturated rings. The van der Waals surface area contributed by atoms with Gasteiger partial charge in [0, 0.05) is 18.8 Å². The number of nitrogens with two attached hydrogens (primary N) is 2. The van der Waals surface area contributed by atoms with Crippen molar-refractivity contribution in [3.05, 3.63) is 47.8 Å². The van der Waals surface area contributed by atoms with Crippen LogP contribution in [0.5, 0.6) is 0 Å². The van der Waals surface area contributed by atoms with Gasteiger partial charge < -0.3 is 16.2 Å². The van der Waals surface area contributed by atoms with Crippen LogP contribution in [0.2, 0.25) is 0 Å². The first kappa shape index (κ1) is 23.3. The van der Waals surface area contributed by atoms with Crippen LogP contribution in [0.4, 0.5) is 0 Å². The summed E-state index contributed by atoms with van der Waals surface area (Å²) >= 11 is 0. The molecule has 6 heteroatoms. The first-order valence-corrected chi connectivity index (χ1v) is 12.8. The molecule has 34 heavy (non-hydrogen) atoms. The van der Waals surface area contributed by atoms with E-state index in [9.17, 15) is 9.59 Å². The molecule has 7 atom stereocenters. The molecule has 0 radical (unpaired) electrons. The molecule has 4 N–H and O–H groups in total. The zero-order valence-corrected chi connectivity index (χ0v) is 20.3. The molecule has 0 saturated heterocycles. The lowest BCUT2D eigenvalue weighted by Gasteiger charge is -2.57. The average Bonchev–Trinajstić information content (AvgIpc) is 3.16. The third kappa shape index (κ3) is 3.80. The van der Waals surface area contributed by atoms with Gasteiger partial charge in [-0.2, -0.15) is 0 Å². The van der Waals surface area contributed by atoms with Gasteiger partial charge in [-0.05, 0) is 84.3 Å². The van der Waals surface area contributed by atoms with E-state index in [1.807, 2.05) is 18.5 Å². The lowest BCUT2D eigenvalue weighted by Crippen LogP contribution is -2.50. The lowest BCUT2D eigenvalue weighted by molar-refractivity contribution is -0.154. The van der Waals surface area contributed by atoms with Gasteiger partial charge in [-0.25, -0.2) is 0 Å². The SMILES string of the molecule is C[C@]12CC[C@H](OC(=O)[C@H](N)CC(N)=O)CC1=CC[C@@H]1[C@@H]2CC[C@]2(C)C(c3cccnc3)=CC[C@@H]12. The van der Waals surface area contributed by atoms with E-state index in [0.29, 0.717) is 17.8 Å². The van der Waals surface area contributed by atoms with E-state index in [1.165, 1.54) is 29.6 Å². The summed E-state index contributed by atoms with van der Waals surface area (Å²) < 4.78 is 5.71. The fourth-order valence-corrected chi connectivity index (χ4v) is 7.82. The van der Waals surface area contributed by atoms with Gasteiger partial charge >= 0.3 is 5.97 Å². The Hall–Kier alpha value is -2.47. The number of ether oxygens (including phenoxy) is 1. The van der Waals surface area contributed by atoms with E-state index in [0.717, 1.165) is 32.1 Å². The summed E-state index contributed by atoms with van der Waals surface area (Å²) in [6.07, 6.45) is 15.8. The van der Waals surface area contributed by atoms with E-state index in [4.69, 9.17) is 16.2 Å². The molecule has 1 aromatic heterocycles. The molecule has 4 aliphatic rings. The van der Waals surface area contributed by atoms with Crippen molar-refractivity contribution < 1.29 is 14.3 Å². The first-order valence-electron chi connectivity index (χ1n) is 12.8. The number of hydrogen-bond donors (Lipinski definition) is 2. The number of carbonyl (C=O) groups excluding carboxylic acids is 2. The molecule has 2 saturated carbocycles. The second-order valence-electron chi connectivity index (χ2n) is 11.4. The van der Waals surface area contributed by atoms with Crippen LogP contribution in [0.25, 0.3) is 5.57 Å². The molecule has 4 aliphatic carbocycles. The topological polar surface area (TPSA) is 108 Å². The minimum Gasteiger partial charge on any atom is -0.461 e. The van der Waals surface area contributed by atoms with Crippen LogP contribution in [-0.4, -0.2) is 29.0 Å². The van der Waals surface area contributed by atoms with Crippen molar-refractivity contribution in [3.8, 4) is 0 Å². The fourth-order valence-electron chi connectivity index (χ4n) is 7.82. The van der Waals surface area contributed by atoms with Crippen LogP contribution < -0.4 is 11.5 Å². The van der Waals surface area contributed by atoms with Gasteiger partial charge in [-0.1, -0.05) is 37.6 Å². The Morgan fingerprint density at radius 2 is 1.94 bits per heavy atom.